The maximum atomic E-state index is 4.35. The third kappa shape index (κ3) is 2.82. The molecule has 4 heteroatoms. The summed E-state index contributed by atoms with van der Waals surface area (Å²) in [5.41, 5.74) is 2.34. The molecule has 0 atom stereocenters. The topological polar surface area (TPSA) is 29.9 Å². The van der Waals surface area contributed by atoms with Crippen LogP contribution in [0.3, 0.4) is 0 Å². The number of hydrogen-bond acceptors (Lipinski definition) is 2. The number of nitrogens with zero attached hydrogens (tertiary/aromatic N) is 2. The lowest BCUT2D eigenvalue weighted by Gasteiger charge is -2.04. The number of aromatic nitrogens is 2. The van der Waals surface area contributed by atoms with Gasteiger partial charge in [0, 0.05) is 20.0 Å². The summed E-state index contributed by atoms with van der Waals surface area (Å²) < 4.78 is 3.10. The molecule has 0 unspecified atom stereocenters. The Balaban J connectivity index is 2.49. The van der Waals surface area contributed by atoms with Crippen LogP contribution in [0, 0.1) is 6.92 Å². The van der Waals surface area contributed by atoms with Gasteiger partial charge in [-0.15, -0.1) is 0 Å². The van der Waals surface area contributed by atoms with E-state index in [1.54, 1.807) is 0 Å². The molecule has 3 nitrogen and oxygen atoms in total. The second-order valence-electron chi connectivity index (χ2n) is 3.47. The lowest BCUT2D eigenvalue weighted by molar-refractivity contribution is 0.634. The van der Waals surface area contributed by atoms with Crippen LogP contribution in [0.1, 0.15) is 24.7 Å². The number of rotatable bonds is 5. The first-order chi connectivity index (χ1) is 6.66. The Morgan fingerprint density at radius 1 is 1.43 bits per heavy atom. The van der Waals surface area contributed by atoms with Crippen LogP contribution in [-0.2, 0) is 13.5 Å². The SMILES string of the molecule is CCCNCCc1c(Br)c(C)nn1C. The van der Waals surface area contributed by atoms with Crippen molar-refractivity contribution in [3.8, 4) is 0 Å². The van der Waals surface area contributed by atoms with Crippen molar-refractivity contribution in [1.82, 2.24) is 15.1 Å². The standard InChI is InChI=1S/C10H18BrN3/c1-4-6-12-7-5-9-10(11)8(2)13-14(9)3/h12H,4-7H2,1-3H3. The van der Waals surface area contributed by atoms with Crippen molar-refractivity contribution in [2.45, 2.75) is 26.7 Å². The van der Waals surface area contributed by atoms with Crippen LogP contribution in [0.15, 0.2) is 4.47 Å². The van der Waals surface area contributed by atoms with Crippen molar-refractivity contribution in [2.75, 3.05) is 13.1 Å². The highest BCUT2D eigenvalue weighted by molar-refractivity contribution is 9.10. The Bertz CT molecular complexity index is 294. The maximum Gasteiger partial charge on any atom is 0.0738 e. The second-order valence-corrected chi connectivity index (χ2v) is 4.26. The third-order valence-electron chi connectivity index (χ3n) is 2.23. The van der Waals surface area contributed by atoms with Crippen LogP contribution < -0.4 is 5.32 Å². The Kier molecular flexibility index (Phi) is 4.62. The minimum absolute atomic E-state index is 1.02. The Labute approximate surface area is 94.0 Å². The fourth-order valence-corrected chi connectivity index (χ4v) is 1.99. The monoisotopic (exact) mass is 259 g/mol. The average Bonchev–Trinajstić information content (AvgIpc) is 2.38. The zero-order valence-electron chi connectivity index (χ0n) is 9.10. The molecule has 0 aromatic carbocycles. The van der Waals surface area contributed by atoms with Crippen LogP contribution in [0.4, 0.5) is 0 Å². The van der Waals surface area contributed by atoms with E-state index >= 15 is 0 Å². The summed E-state index contributed by atoms with van der Waals surface area (Å²) in [6, 6.07) is 0. The molecule has 80 valence electrons. The molecule has 1 heterocycles. The van der Waals surface area contributed by atoms with E-state index in [4.69, 9.17) is 0 Å². The zero-order valence-corrected chi connectivity index (χ0v) is 10.7. The molecule has 0 radical (unpaired) electrons. The molecule has 1 N–H and O–H groups in total. The Morgan fingerprint density at radius 3 is 2.64 bits per heavy atom. The van der Waals surface area contributed by atoms with Gasteiger partial charge in [-0.3, -0.25) is 4.68 Å². The van der Waals surface area contributed by atoms with Crippen molar-refractivity contribution in [1.29, 1.82) is 0 Å². The molecule has 14 heavy (non-hydrogen) atoms. The van der Waals surface area contributed by atoms with Gasteiger partial charge in [0.05, 0.1) is 15.9 Å². The highest BCUT2D eigenvalue weighted by Crippen LogP contribution is 2.20. The van der Waals surface area contributed by atoms with E-state index in [0.717, 1.165) is 29.7 Å². The van der Waals surface area contributed by atoms with Crippen molar-refractivity contribution in [3.05, 3.63) is 15.9 Å². The predicted octanol–water partition coefficient (Wildman–Crippen LogP) is 2.03. The smallest absolute Gasteiger partial charge is 0.0738 e. The minimum atomic E-state index is 1.02. The van der Waals surface area contributed by atoms with Crippen LogP contribution in [0.5, 0.6) is 0 Å². The van der Waals surface area contributed by atoms with Gasteiger partial charge in [0.1, 0.15) is 0 Å². The van der Waals surface area contributed by atoms with Gasteiger partial charge < -0.3 is 5.32 Å². The van der Waals surface area contributed by atoms with E-state index in [0.29, 0.717) is 0 Å². The molecule has 0 aliphatic heterocycles. The molecule has 0 amide bonds. The molecule has 1 aromatic rings. The van der Waals surface area contributed by atoms with E-state index in [-0.39, 0.29) is 0 Å². The Hall–Kier alpha value is -0.350. The summed E-state index contributed by atoms with van der Waals surface area (Å²) in [6.07, 6.45) is 2.21. The van der Waals surface area contributed by atoms with E-state index in [9.17, 15) is 0 Å². The molecule has 1 aromatic heterocycles. The molecule has 0 bridgehead atoms. The lowest BCUT2D eigenvalue weighted by Crippen LogP contribution is -2.19. The molecule has 0 fully saturated rings. The Morgan fingerprint density at radius 2 is 2.14 bits per heavy atom. The van der Waals surface area contributed by atoms with E-state index < -0.39 is 0 Å². The van der Waals surface area contributed by atoms with Crippen molar-refractivity contribution >= 4 is 15.9 Å². The first kappa shape index (κ1) is 11.7. The quantitative estimate of drug-likeness (QED) is 0.821. The second kappa shape index (κ2) is 5.51. The molecule has 0 spiro atoms. The highest BCUT2D eigenvalue weighted by Gasteiger charge is 2.09. The van der Waals surface area contributed by atoms with Gasteiger partial charge in [-0.1, -0.05) is 6.92 Å². The van der Waals surface area contributed by atoms with Crippen LogP contribution in [0.25, 0.3) is 0 Å². The summed E-state index contributed by atoms with van der Waals surface area (Å²) in [7, 11) is 1.99. The largest absolute Gasteiger partial charge is 0.316 e. The molecule has 0 saturated carbocycles. The number of hydrogen-bond donors (Lipinski definition) is 1. The highest BCUT2D eigenvalue weighted by atomic mass is 79.9. The van der Waals surface area contributed by atoms with Gasteiger partial charge in [0.15, 0.2) is 0 Å². The van der Waals surface area contributed by atoms with Gasteiger partial charge >= 0.3 is 0 Å². The predicted molar refractivity (Wildman–Crippen MR) is 62.5 cm³/mol. The maximum absolute atomic E-state index is 4.35. The van der Waals surface area contributed by atoms with Crippen LogP contribution in [0.2, 0.25) is 0 Å². The molecular weight excluding hydrogens is 242 g/mol. The van der Waals surface area contributed by atoms with Gasteiger partial charge in [-0.2, -0.15) is 5.10 Å². The summed E-state index contributed by atoms with van der Waals surface area (Å²) >= 11 is 3.56. The third-order valence-corrected chi connectivity index (χ3v) is 3.26. The van der Waals surface area contributed by atoms with Crippen LogP contribution >= 0.6 is 15.9 Å². The summed E-state index contributed by atoms with van der Waals surface area (Å²) in [4.78, 5) is 0. The molecular formula is C10H18BrN3. The zero-order chi connectivity index (χ0) is 10.6. The molecule has 1 rings (SSSR count). The molecule has 0 aliphatic carbocycles. The summed E-state index contributed by atoms with van der Waals surface area (Å²) in [5.74, 6) is 0. The van der Waals surface area contributed by atoms with E-state index in [1.807, 2.05) is 18.7 Å². The molecule has 0 aliphatic rings. The fraction of sp³-hybridized carbons (Fsp3) is 0.700. The lowest BCUT2D eigenvalue weighted by atomic mass is 10.3. The van der Waals surface area contributed by atoms with Crippen LogP contribution in [-0.4, -0.2) is 22.9 Å². The normalized spacial score (nSPS) is 10.9. The van der Waals surface area contributed by atoms with E-state index in [1.165, 1.54) is 12.1 Å². The van der Waals surface area contributed by atoms with Crippen molar-refractivity contribution < 1.29 is 0 Å². The number of halogens is 1. The number of nitrogens with one attached hydrogen (secondary N) is 1. The summed E-state index contributed by atoms with van der Waals surface area (Å²) in [6.45, 7) is 6.31. The van der Waals surface area contributed by atoms with Crippen molar-refractivity contribution in [3.63, 3.8) is 0 Å². The van der Waals surface area contributed by atoms with E-state index in [2.05, 4.69) is 33.3 Å². The summed E-state index contributed by atoms with van der Waals surface area (Å²) in [5, 5.41) is 7.74. The first-order valence-electron chi connectivity index (χ1n) is 5.05. The van der Waals surface area contributed by atoms with Gasteiger partial charge in [-0.25, -0.2) is 0 Å². The average molecular weight is 260 g/mol. The van der Waals surface area contributed by atoms with Gasteiger partial charge in [-0.05, 0) is 35.8 Å². The minimum Gasteiger partial charge on any atom is -0.316 e. The number of aryl methyl sites for hydroxylation is 2. The van der Waals surface area contributed by atoms with Crippen molar-refractivity contribution in [2.24, 2.45) is 7.05 Å². The van der Waals surface area contributed by atoms with Gasteiger partial charge in [0.2, 0.25) is 0 Å². The first-order valence-corrected chi connectivity index (χ1v) is 5.84. The fourth-order valence-electron chi connectivity index (χ4n) is 1.46. The molecule has 0 saturated heterocycles. The van der Waals surface area contributed by atoms with Gasteiger partial charge in [0.25, 0.3) is 0 Å².